The predicted molar refractivity (Wildman–Crippen MR) is 78.0 cm³/mol. The molecular weight excluding hydrogens is 270 g/mol. The number of aromatic hydroxyl groups is 1. The number of pyridine rings is 1. The largest absolute Gasteiger partial charge is 0.505 e. The van der Waals surface area contributed by atoms with Crippen LogP contribution in [0.5, 0.6) is 11.5 Å². The molecule has 5 nitrogen and oxygen atoms in total. The molecule has 0 aliphatic heterocycles. The standard InChI is InChI=1S/C16H17NO4/c1-10-15(18)14(16(19)20)9-12(17-10)6-3-11-4-7-13(21-2)8-5-11/h4-5,7-9,18H,3,6H2,1-2H3,(H,19,20). The first-order chi connectivity index (χ1) is 10.0. The molecule has 0 aliphatic carbocycles. The van der Waals surface area contributed by atoms with Gasteiger partial charge in [-0.25, -0.2) is 4.79 Å². The van der Waals surface area contributed by atoms with Gasteiger partial charge in [0.2, 0.25) is 0 Å². The summed E-state index contributed by atoms with van der Waals surface area (Å²) in [6.07, 6.45) is 1.34. The van der Waals surface area contributed by atoms with Gasteiger partial charge in [0.25, 0.3) is 0 Å². The van der Waals surface area contributed by atoms with Gasteiger partial charge in [0.1, 0.15) is 11.3 Å². The molecule has 0 radical (unpaired) electrons. The Morgan fingerprint density at radius 2 is 1.90 bits per heavy atom. The van der Waals surface area contributed by atoms with Crippen LogP contribution >= 0.6 is 0 Å². The Morgan fingerprint density at radius 3 is 2.48 bits per heavy atom. The van der Waals surface area contributed by atoms with Crippen molar-refractivity contribution in [3.8, 4) is 11.5 Å². The van der Waals surface area contributed by atoms with Crippen LogP contribution in [0.3, 0.4) is 0 Å². The minimum atomic E-state index is -1.15. The van der Waals surface area contributed by atoms with E-state index in [1.807, 2.05) is 24.3 Å². The van der Waals surface area contributed by atoms with Crippen LogP contribution < -0.4 is 4.74 Å². The molecule has 0 saturated heterocycles. The number of carboxylic acids is 1. The second kappa shape index (κ2) is 6.26. The Labute approximate surface area is 122 Å². The smallest absolute Gasteiger partial charge is 0.339 e. The molecule has 0 spiro atoms. The average Bonchev–Trinajstić information content (AvgIpc) is 2.48. The first-order valence-electron chi connectivity index (χ1n) is 6.57. The lowest BCUT2D eigenvalue weighted by Crippen LogP contribution is -2.04. The average molecular weight is 287 g/mol. The molecule has 0 aliphatic rings. The first-order valence-corrected chi connectivity index (χ1v) is 6.57. The molecule has 0 saturated carbocycles. The van der Waals surface area contributed by atoms with E-state index in [2.05, 4.69) is 4.98 Å². The first kappa shape index (κ1) is 14.8. The number of hydrogen-bond acceptors (Lipinski definition) is 4. The molecule has 21 heavy (non-hydrogen) atoms. The van der Waals surface area contributed by atoms with Gasteiger partial charge in [-0.05, 0) is 43.5 Å². The van der Waals surface area contributed by atoms with Crippen molar-refractivity contribution in [1.82, 2.24) is 4.98 Å². The zero-order valence-electron chi connectivity index (χ0n) is 12.0. The van der Waals surface area contributed by atoms with Gasteiger partial charge in [-0.1, -0.05) is 12.1 Å². The molecule has 1 heterocycles. The van der Waals surface area contributed by atoms with E-state index in [1.165, 1.54) is 6.07 Å². The third kappa shape index (κ3) is 3.51. The molecule has 1 aromatic heterocycles. The normalized spacial score (nSPS) is 10.4. The van der Waals surface area contributed by atoms with Crippen molar-refractivity contribution >= 4 is 5.97 Å². The van der Waals surface area contributed by atoms with Crippen LogP contribution in [-0.4, -0.2) is 28.3 Å². The van der Waals surface area contributed by atoms with Gasteiger partial charge in [-0.2, -0.15) is 0 Å². The van der Waals surface area contributed by atoms with Crippen molar-refractivity contribution in [3.05, 3.63) is 52.8 Å². The van der Waals surface area contributed by atoms with Crippen molar-refractivity contribution in [2.75, 3.05) is 7.11 Å². The van der Waals surface area contributed by atoms with Crippen molar-refractivity contribution in [1.29, 1.82) is 0 Å². The van der Waals surface area contributed by atoms with Crippen LogP contribution in [-0.2, 0) is 12.8 Å². The monoisotopic (exact) mass is 287 g/mol. The highest BCUT2D eigenvalue weighted by molar-refractivity contribution is 5.91. The third-order valence-corrected chi connectivity index (χ3v) is 3.28. The number of rotatable bonds is 5. The Balaban J connectivity index is 2.14. The summed E-state index contributed by atoms with van der Waals surface area (Å²) in [7, 11) is 1.62. The van der Waals surface area contributed by atoms with Crippen molar-refractivity contribution in [3.63, 3.8) is 0 Å². The van der Waals surface area contributed by atoms with Gasteiger partial charge in [0.05, 0.1) is 12.8 Å². The van der Waals surface area contributed by atoms with E-state index in [0.717, 1.165) is 17.7 Å². The highest BCUT2D eigenvalue weighted by Crippen LogP contribution is 2.22. The fraction of sp³-hybridized carbons (Fsp3) is 0.250. The van der Waals surface area contributed by atoms with Crippen molar-refractivity contribution in [2.45, 2.75) is 19.8 Å². The van der Waals surface area contributed by atoms with E-state index in [9.17, 15) is 9.90 Å². The molecule has 2 aromatic rings. The maximum atomic E-state index is 11.1. The summed E-state index contributed by atoms with van der Waals surface area (Å²) < 4.78 is 5.10. The van der Waals surface area contributed by atoms with Crippen LogP contribution in [0, 0.1) is 6.92 Å². The van der Waals surface area contributed by atoms with E-state index in [1.54, 1.807) is 14.0 Å². The van der Waals surface area contributed by atoms with Gasteiger partial charge in [0.15, 0.2) is 5.75 Å². The van der Waals surface area contributed by atoms with Gasteiger partial charge in [-0.3, -0.25) is 4.98 Å². The number of aromatic nitrogens is 1. The molecule has 0 amide bonds. The molecule has 1 aromatic carbocycles. The van der Waals surface area contributed by atoms with E-state index in [-0.39, 0.29) is 11.3 Å². The molecule has 110 valence electrons. The van der Waals surface area contributed by atoms with E-state index in [0.29, 0.717) is 17.8 Å². The van der Waals surface area contributed by atoms with Crippen LogP contribution in [0.1, 0.15) is 27.3 Å². The number of benzene rings is 1. The molecule has 0 atom stereocenters. The number of methoxy groups -OCH3 is 1. The number of ether oxygens (including phenoxy) is 1. The highest BCUT2D eigenvalue weighted by Gasteiger charge is 2.14. The SMILES string of the molecule is COc1ccc(CCc2cc(C(=O)O)c(O)c(C)n2)cc1. The molecule has 0 fully saturated rings. The van der Waals surface area contributed by atoms with Crippen molar-refractivity contribution in [2.24, 2.45) is 0 Å². The highest BCUT2D eigenvalue weighted by atomic mass is 16.5. The fourth-order valence-corrected chi connectivity index (χ4v) is 2.09. The maximum Gasteiger partial charge on any atom is 0.339 e. The number of nitrogens with zero attached hydrogens (tertiary/aromatic N) is 1. The molecule has 0 bridgehead atoms. The minimum Gasteiger partial charge on any atom is -0.505 e. The summed E-state index contributed by atoms with van der Waals surface area (Å²) in [5, 5.41) is 18.7. The van der Waals surface area contributed by atoms with Crippen molar-refractivity contribution < 1.29 is 19.7 Å². The Kier molecular flexibility index (Phi) is 4.42. The fourth-order valence-electron chi connectivity index (χ4n) is 2.09. The topological polar surface area (TPSA) is 79.7 Å². The second-order valence-electron chi connectivity index (χ2n) is 4.75. The summed E-state index contributed by atoms with van der Waals surface area (Å²) >= 11 is 0. The van der Waals surface area contributed by atoms with E-state index in [4.69, 9.17) is 9.84 Å². The number of carbonyl (C=O) groups is 1. The van der Waals surface area contributed by atoms with Gasteiger partial charge in [-0.15, -0.1) is 0 Å². The molecule has 2 rings (SSSR count). The van der Waals surface area contributed by atoms with E-state index >= 15 is 0 Å². The van der Waals surface area contributed by atoms with Crippen LogP contribution in [0.25, 0.3) is 0 Å². The molecular formula is C16H17NO4. The lowest BCUT2D eigenvalue weighted by molar-refractivity contribution is 0.0693. The minimum absolute atomic E-state index is 0.104. The van der Waals surface area contributed by atoms with Gasteiger partial charge in [0, 0.05) is 5.69 Å². The molecule has 5 heteroatoms. The summed E-state index contributed by atoms with van der Waals surface area (Å²) in [4.78, 5) is 15.3. The maximum absolute atomic E-state index is 11.1. The van der Waals surface area contributed by atoms with Gasteiger partial charge < -0.3 is 14.9 Å². The molecule has 0 unspecified atom stereocenters. The summed E-state index contributed by atoms with van der Waals surface area (Å²) in [5.41, 5.74) is 1.99. The lowest BCUT2D eigenvalue weighted by atomic mass is 10.1. The quantitative estimate of drug-likeness (QED) is 0.883. The summed E-state index contributed by atoms with van der Waals surface area (Å²) in [5.74, 6) is -0.620. The van der Waals surface area contributed by atoms with Crippen LogP contribution in [0.15, 0.2) is 30.3 Å². The van der Waals surface area contributed by atoms with Crippen LogP contribution in [0.4, 0.5) is 0 Å². The Hall–Kier alpha value is -2.56. The second-order valence-corrected chi connectivity index (χ2v) is 4.75. The third-order valence-electron chi connectivity index (χ3n) is 3.28. The zero-order valence-corrected chi connectivity index (χ0v) is 12.0. The number of carboxylic acid groups (broad SMARTS) is 1. The number of hydrogen-bond donors (Lipinski definition) is 2. The molecule has 2 N–H and O–H groups in total. The number of aromatic carboxylic acids is 1. The predicted octanol–water partition coefficient (Wildman–Crippen LogP) is 2.59. The van der Waals surface area contributed by atoms with Crippen LogP contribution in [0.2, 0.25) is 0 Å². The summed E-state index contributed by atoms with van der Waals surface area (Å²) in [6.45, 7) is 1.60. The summed E-state index contributed by atoms with van der Waals surface area (Å²) in [6, 6.07) is 9.11. The Bertz CT molecular complexity index is 650. The van der Waals surface area contributed by atoms with E-state index < -0.39 is 5.97 Å². The lowest BCUT2D eigenvalue weighted by Gasteiger charge is -2.08. The van der Waals surface area contributed by atoms with Gasteiger partial charge >= 0.3 is 5.97 Å². The Morgan fingerprint density at radius 1 is 1.24 bits per heavy atom. The number of aryl methyl sites for hydroxylation is 3. The zero-order chi connectivity index (χ0) is 15.4.